The average Bonchev–Trinajstić information content (AvgIpc) is 2.59. The number of hydrogen-bond donors (Lipinski definition) is 2. The van der Waals surface area contributed by atoms with Crippen molar-refractivity contribution >= 4 is 11.9 Å². The topological polar surface area (TPSA) is 75.6 Å². The molecule has 0 saturated heterocycles. The van der Waals surface area contributed by atoms with Gasteiger partial charge >= 0.3 is 5.97 Å². The van der Waals surface area contributed by atoms with Crippen LogP contribution in [0, 0.1) is 13.8 Å². The number of benzene rings is 2. The summed E-state index contributed by atoms with van der Waals surface area (Å²) in [5.74, 6) is -0.240. The van der Waals surface area contributed by atoms with Gasteiger partial charge in [-0.15, -0.1) is 0 Å². The Morgan fingerprint density at radius 1 is 1.04 bits per heavy atom. The summed E-state index contributed by atoms with van der Waals surface area (Å²) in [5.41, 5.74) is 3.04. The molecule has 0 bridgehead atoms. The van der Waals surface area contributed by atoms with E-state index in [1.165, 1.54) is 0 Å². The maximum absolute atomic E-state index is 11.9. The minimum Gasteiger partial charge on any atom is -0.491 e. The largest absolute Gasteiger partial charge is 0.491 e. The summed E-state index contributed by atoms with van der Waals surface area (Å²) in [6.45, 7) is 4.78. The van der Waals surface area contributed by atoms with Crippen LogP contribution < -0.4 is 10.1 Å². The number of nitrogens with one attached hydrogen (secondary N) is 1. The van der Waals surface area contributed by atoms with E-state index >= 15 is 0 Å². The van der Waals surface area contributed by atoms with Gasteiger partial charge < -0.3 is 15.2 Å². The third-order valence-corrected chi connectivity index (χ3v) is 3.95. The van der Waals surface area contributed by atoms with E-state index in [4.69, 9.17) is 9.84 Å². The molecule has 2 aromatic rings. The van der Waals surface area contributed by atoms with Crippen molar-refractivity contribution < 1.29 is 19.4 Å². The first kappa shape index (κ1) is 18.5. The smallest absolute Gasteiger partial charge is 0.335 e. The second kappa shape index (κ2) is 8.87. The van der Waals surface area contributed by atoms with Gasteiger partial charge in [0.05, 0.1) is 12.1 Å². The van der Waals surface area contributed by atoms with Crippen LogP contribution in [-0.2, 0) is 11.2 Å². The van der Waals surface area contributed by atoms with Crippen LogP contribution in [0.1, 0.15) is 33.5 Å². The lowest BCUT2D eigenvalue weighted by molar-refractivity contribution is -0.121. The van der Waals surface area contributed by atoms with Gasteiger partial charge in [-0.2, -0.15) is 0 Å². The molecule has 5 heteroatoms. The Labute approximate surface area is 147 Å². The first-order valence-electron chi connectivity index (χ1n) is 8.26. The van der Waals surface area contributed by atoms with Gasteiger partial charge in [0.2, 0.25) is 5.91 Å². The fraction of sp³-hybridized carbons (Fsp3) is 0.300. The molecule has 132 valence electrons. The van der Waals surface area contributed by atoms with Crippen LogP contribution in [0.4, 0.5) is 0 Å². The number of ether oxygens (including phenoxy) is 1. The molecule has 2 rings (SSSR count). The number of carboxylic acid groups (broad SMARTS) is 1. The van der Waals surface area contributed by atoms with Crippen molar-refractivity contribution in [1.82, 2.24) is 5.32 Å². The van der Waals surface area contributed by atoms with Gasteiger partial charge in [-0.25, -0.2) is 4.79 Å². The van der Waals surface area contributed by atoms with E-state index in [9.17, 15) is 9.59 Å². The van der Waals surface area contributed by atoms with Crippen LogP contribution in [-0.4, -0.2) is 30.1 Å². The molecule has 0 aromatic heterocycles. The lowest BCUT2D eigenvalue weighted by Gasteiger charge is -2.12. The van der Waals surface area contributed by atoms with E-state index in [-0.39, 0.29) is 17.9 Å². The molecule has 2 N–H and O–H groups in total. The highest BCUT2D eigenvalue weighted by molar-refractivity contribution is 5.89. The molecule has 1 amide bonds. The fourth-order valence-electron chi connectivity index (χ4n) is 2.65. The summed E-state index contributed by atoms with van der Waals surface area (Å²) in [5, 5.41) is 11.9. The van der Waals surface area contributed by atoms with E-state index in [1.807, 2.05) is 32.0 Å². The van der Waals surface area contributed by atoms with Gasteiger partial charge in [-0.05, 0) is 43.0 Å². The summed E-state index contributed by atoms with van der Waals surface area (Å²) in [6.07, 6.45) is 0.639. The monoisotopic (exact) mass is 341 g/mol. The van der Waals surface area contributed by atoms with Crippen LogP contribution in [0.5, 0.6) is 5.75 Å². The van der Waals surface area contributed by atoms with Crippen molar-refractivity contribution in [3.05, 3.63) is 64.7 Å². The van der Waals surface area contributed by atoms with Crippen LogP contribution in [0.15, 0.2) is 42.5 Å². The number of carboxylic acids is 1. The van der Waals surface area contributed by atoms with E-state index in [0.29, 0.717) is 25.1 Å². The maximum atomic E-state index is 11.9. The Kier molecular flexibility index (Phi) is 6.57. The van der Waals surface area contributed by atoms with Crippen molar-refractivity contribution in [1.29, 1.82) is 0 Å². The second-order valence-corrected chi connectivity index (χ2v) is 5.88. The summed E-state index contributed by atoms with van der Waals surface area (Å²) in [4.78, 5) is 23.1. The molecule has 0 radical (unpaired) electrons. The molecule has 0 heterocycles. The highest BCUT2D eigenvalue weighted by Crippen LogP contribution is 2.21. The molecule has 0 fully saturated rings. The molecule has 25 heavy (non-hydrogen) atoms. The molecule has 5 nitrogen and oxygen atoms in total. The molecule has 0 aliphatic heterocycles. The van der Waals surface area contributed by atoms with Gasteiger partial charge in [-0.3, -0.25) is 4.79 Å². The first-order valence-corrected chi connectivity index (χ1v) is 8.26. The van der Waals surface area contributed by atoms with Gasteiger partial charge in [0.1, 0.15) is 12.4 Å². The maximum Gasteiger partial charge on any atom is 0.335 e. The Bertz CT molecular complexity index is 735. The Morgan fingerprint density at radius 3 is 2.40 bits per heavy atom. The predicted octanol–water partition coefficient (Wildman–Crippen LogP) is 3.13. The Hall–Kier alpha value is -2.82. The number of rotatable bonds is 8. The van der Waals surface area contributed by atoms with E-state index in [1.54, 1.807) is 24.3 Å². The minimum absolute atomic E-state index is 0.120. The average molecular weight is 341 g/mol. The molecule has 2 aromatic carbocycles. The van der Waals surface area contributed by atoms with Crippen LogP contribution in [0.25, 0.3) is 0 Å². The zero-order valence-corrected chi connectivity index (χ0v) is 14.5. The van der Waals surface area contributed by atoms with Gasteiger partial charge in [0, 0.05) is 6.42 Å². The summed E-state index contributed by atoms with van der Waals surface area (Å²) >= 11 is 0. The fourth-order valence-corrected chi connectivity index (χ4v) is 2.65. The third kappa shape index (κ3) is 5.35. The van der Waals surface area contributed by atoms with Gasteiger partial charge in [-0.1, -0.05) is 36.4 Å². The van der Waals surface area contributed by atoms with Crippen molar-refractivity contribution in [2.24, 2.45) is 0 Å². The van der Waals surface area contributed by atoms with Gasteiger partial charge in [0.25, 0.3) is 0 Å². The summed E-state index contributed by atoms with van der Waals surface area (Å²) in [6, 6.07) is 12.7. The standard InChI is InChI=1S/C20H23NO4/c1-14-6-5-7-15(2)19(14)25-13-12-21-18(22)11-10-16-8-3-4-9-17(16)20(23)24/h3-9H,10-13H2,1-2H3,(H,21,22)(H,23,24). The van der Waals surface area contributed by atoms with Crippen molar-refractivity contribution in [3.8, 4) is 5.75 Å². The highest BCUT2D eigenvalue weighted by Gasteiger charge is 2.10. The molecule has 0 unspecified atom stereocenters. The number of carbonyl (C=O) groups excluding carboxylic acids is 1. The van der Waals surface area contributed by atoms with E-state index < -0.39 is 5.97 Å². The zero-order chi connectivity index (χ0) is 18.2. The molecule has 0 atom stereocenters. The van der Waals surface area contributed by atoms with Gasteiger partial charge in [0.15, 0.2) is 0 Å². The van der Waals surface area contributed by atoms with Crippen molar-refractivity contribution in [2.75, 3.05) is 13.2 Å². The summed E-state index contributed by atoms with van der Waals surface area (Å²) in [7, 11) is 0. The predicted molar refractivity (Wildman–Crippen MR) is 96.1 cm³/mol. The lowest BCUT2D eigenvalue weighted by atomic mass is 10.0. The SMILES string of the molecule is Cc1cccc(C)c1OCCNC(=O)CCc1ccccc1C(=O)O. The molecular weight excluding hydrogens is 318 g/mol. The number of carbonyl (C=O) groups is 2. The van der Waals surface area contributed by atoms with E-state index in [0.717, 1.165) is 16.9 Å². The molecular formula is C20H23NO4. The van der Waals surface area contributed by atoms with E-state index in [2.05, 4.69) is 5.32 Å². The molecule has 0 aliphatic carbocycles. The molecule has 0 aliphatic rings. The molecule has 0 spiro atoms. The molecule has 0 saturated carbocycles. The normalized spacial score (nSPS) is 10.3. The van der Waals surface area contributed by atoms with Crippen molar-refractivity contribution in [3.63, 3.8) is 0 Å². The Balaban J connectivity index is 1.76. The van der Waals surface area contributed by atoms with Crippen LogP contribution >= 0.6 is 0 Å². The Morgan fingerprint density at radius 2 is 1.72 bits per heavy atom. The third-order valence-electron chi connectivity index (χ3n) is 3.95. The second-order valence-electron chi connectivity index (χ2n) is 5.88. The zero-order valence-electron chi connectivity index (χ0n) is 14.5. The first-order chi connectivity index (χ1) is 12.0. The highest BCUT2D eigenvalue weighted by atomic mass is 16.5. The number of para-hydroxylation sites is 1. The quantitative estimate of drug-likeness (QED) is 0.723. The number of aryl methyl sites for hydroxylation is 3. The lowest BCUT2D eigenvalue weighted by Crippen LogP contribution is -2.28. The number of aromatic carboxylic acids is 1. The minimum atomic E-state index is -0.974. The van der Waals surface area contributed by atoms with Crippen molar-refractivity contribution in [2.45, 2.75) is 26.7 Å². The van der Waals surface area contributed by atoms with Crippen LogP contribution in [0.2, 0.25) is 0 Å². The number of amides is 1. The van der Waals surface area contributed by atoms with Crippen LogP contribution in [0.3, 0.4) is 0 Å². The summed E-state index contributed by atoms with van der Waals surface area (Å²) < 4.78 is 5.74. The number of hydrogen-bond acceptors (Lipinski definition) is 3.